The van der Waals surface area contributed by atoms with Crippen molar-refractivity contribution < 1.29 is 23.5 Å². The van der Waals surface area contributed by atoms with Crippen LogP contribution in [0.25, 0.3) is 0 Å². The van der Waals surface area contributed by atoms with Crippen LogP contribution < -0.4 is 0 Å². The summed E-state index contributed by atoms with van der Waals surface area (Å²) in [6.45, 7) is 0. The van der Waals surface area contributed by atoms with E-state index in [4.69, 9.17) is 0 Å². The molecule has 0 bridgehead atoms. The van der Waals surface area contributed by atoms with Crippen molar-refractivity contribution in [1.29, 1.82) is 0 Å². The number of carboxylic acid groups (broad SMARTS) is 1. The number of carbonyl (C=O) groups excluding carboxylic acids is 1. The molecule has 23 heavy (non-hydrogen) atoms. The van der Waals surface area contributed by atoms with E-state index in [1.807, 2.05) is 0 Å². The van der Waals surface area contributed by atoms with Crippen LogP contribution in [0.2, 0.25) is 0 Å². The summed E-state index contributed by atoms with van der Waals surface area (Å²) in [7, 11) is 0. The summed E-state index contributed by atoms with van der Waals surface area (Å²) in [5.41, 5.74) is -0.0811. The Labute approximate surface area is 133 Å². The smallest absolute Gasteiger partial charge is 0.326 e. The normalized spacial score (nSPS) is 27.1. The molecule has 4 nitrogen and oxygen atoms in total. The maximum Gasteiger partial charge on any atom is 0.326 e. The minimum absolute atomic E-state index is 0.0902. The van der Waals surface area contributed by atoms with Crippen LogP contribution in [0.1, 0.15) is 54.5 Å². The van der Waals surface area contributed by atoms with Crippen LogP contribution in [0.3, 0.4) is 0 Å². The number of nitrogens with zero attached hydrogens (tertiary/aromatic N) is 1. The van der Waals surface area contributed by atoms with Crippen LogP contribution in [0, 0.1) is 5.92 Å². The van der Waals surface area contributed by atoms with Gasteiger partial charge in [-0.25, -0.2) is 13.6 Å². The van der Waals surface area contributed by atoms with Crippen molar-refractivity contribution in [1.82, 2.24) is 4.90 Å². The van der Waals surface area contributed by atoms with Crippen molar-refractivity contribution in [2.75, 3.05) is 0 Å². The summed E-state index contributed by atoms with van der Waals surface area (Å²) < 4.78 is 25.7. The molecule has 1 saturated carbocycles. The van der Waals surface area contributed by atoms with Gasteiger partial charge < -0.3 is 10.0 Å². The lowest BCUT2D eigenvalue weighted by Crippen LogP contribution is -2.46. The van der Waals surface area contributed by atoms with Gasteiger partial charge in [0.15, 0.2) is 0 Å². The number of carbonyl (C=O) groups is 2. The average Bonchev–Trinajstić information content (AvgIpc) is 2.94. The van der Waals surface area contributed by atoms with E-state index in [-0.39, 0.29) is 23.1 Å². The van der Waals surface area contributed by atoms with Crippen molar-refractivity contribution in [3.8, 4) is 0 Å². The van der Waals surface area contributed by atoms with E-state index in [2.05, 4.69) is 0 Å². The maximum atomic E-state index is 12.8. The number of alkyl halides is 2. The minimum Gasteiger partial charge on any atom is -0.480 e. The first-order chi connectivity index (χ1) is 11.0. The van der Waals surface area contributed by atoms with Gasteiger partial charge in [-0.2, -0.15) is 0 Å². The Balaban J connectivity index is 1.92. The van der Waals surface area contributed by atoms with Crippen molar-refractivity contribution in [3.63, 3.8) is 0 Å². The molecule has 3 rings (SSSR count). The van der Waals surface area contributed by atoms with Gasteiger partial charge >= 0.3 is 5.97 Å². The first kappa shape index (κ1) is 15.9. The summed E-state index contributed by atoms with van der Waals surface area (Å²) in [5, 5.41) is 9.46. The van der Waals surface area contributed by atoms with Gasteiger partial charge in [0.1, 0.15) is 6.04 Å². The van der Waals surface area contributed by atoms with Crippen LogP contribution in [0.4, 0.5) is 8.78 Å². The Kier molecular flexibility index (Phi) is 4.33. The number of hydrogen-bond donors (Lipinski definition) is 1. The number of carboxylic acids is 1. The zero-order valence-corrected chi connectivity index (χ0v) is 12.6. The zero-order chi connectivity index (χ0) is 16.6. The van der Waals surface area contributed by atoms with E-state index in [9.17, 15) is 23.5 Å². The summed E-state index contributed by atoms with van der Waals surface area (Å²) in [6.07, 6.45) is 1.54. The first-order valence-corrected chi connectivity index (χ1v) is 7.92. The third kappa shape index (κ3) is 2.94. The molecule has 1 amide bonds. The quantitative estimate of drug-likeness (QED) is 0.926. The van der Waals surface area contributed by atoms with Gasteiger partial charge in [0.25, 0.3) is 12.3 Å². The lowest BCUT2D eigenvalue weighted by Gasteiger charge is -2.33. The molecule has 0 spiro atoms. The summed E-state index contributed by atoms with van der Waals surface area (Å²) >= 11 is 0. The van der Waals surface area contributed by atoms with Crippen molar-refractivity contribution in [3.05, 3.63) is 35.4 Å². The van der Waals surface area contributed by atoms with E-state index < -0.39 is 24.3 Å². The molecule has 1 aromatic carbocycles. The molecule has 2 fully saturated rings. The highest BCUT2D eigenvalue weighted by Crippen LogP contribution is 2.40. The van der Waals surface area contributed by atoms with Gasteiger partial charge in [-0.3, -0.25) is 4.79 Å². The predicted octanol–water partition coefficient (Wildman–Crippen LogP) is 3.48. The fraction of sp³-hybridized carbons (Fsp3) is 0.529. The largest absolute Gasteiger partial charge is 0.480 e. The molecule has 0 aromatic heterocycles. The van der Waals surface area contributed by atoms with Gasteiger partial charge in [0, 0.05) is 17.2 Å². The number of fused-ring (bicyclic) bond motifs is 1. The maximum absolute atomic E-state index is 12.8. The van der Waals surface area contributed by atoms with Crippen LogP contribution in [0.5, 0.6) is 0 Å². The molecule has 3 unspecified atom stereocenters. The monoisotopic (exact) mass is 323 g/mol. The average molecular weight is 323 g/mol. The number of aliphatic carboxylic acids is 1. The fourth-order valence-electron chi connectivity index (χ4n) is 3.93. The second-order valence-electron chi connectivity index (χ2n) is 6.34. The van der Waals surface area contributed by atoms with Gasteiger partial charge in [0.05, 0.1) is 0 Å². The Bertz CT molecular complexity index is 620. The highest BCUT2D eigenvalue weighted by molar-refractivity contribution is 5.97. The first-order valence-electron chi connectivity index (χ1n) is 7.92. The summed E-state index contributed by atoms with van der Waals surface area (Å²) in [5.74, 6) is -1.26. The molecule has 6 heteroatoms. The lowest BCUT2D eigenvalue weighted by molar-refractivity contribution is -0.141. The molecule has 1 saturated heterocycles. The van der Waals surface area contributed by atoms with E-state index in [1.54, 1.807) is 0 Å². The third-order valence-corrected chi connectivity index (χ3v) is 4.99. The Hall–Kier alpha value is -1.98. The Morgan fingerprint density at radius 1 is 1.22 bits per heavy atom. The molecule has 1 aliphatic heterocycles. The number of amides is 1. The number of hydrogen-bond acceptors (Lipinski definition) is 2. The lowest BCUT2D eigenvalue weighted by atomic mass is 9.84. The number of halogens is 2. The molecular formula is C17H19F2NO3. The van der Waals surface area contributed by atoms with Gasteiger partial charge in [-0.1, -0.05) is 25.0 Å². The standard InChI is InChI=1S/C17H19F2NO3/c18-15(19)11-5-3-6-12(8-11)16(21)20-13-7-2-1-4-10(13)9-14(20)17(22)23/h3,5-6,8,10,13-15H,1-2,4,7,9H2,(H,22,23). The van der Waals surface area contributed by atoms with Crippen LogP contribution in [0.15, 0.2) is 24.3 Å². The van der Waals surface area contributed by atoms with E-state index in [1.165, 1.54) is 29.2 Å². The molecule has 3 atom stereocenters. The van der Waals surface area contributed by atoms with Gasteiger partial charge in [-0.15, -0.1) is 0 Å². The van der Waals surface area contributed by atoms with Crippen molar-refractivity contribution in [2.24, 2.45) is 5.92 Å². The summed E-state index contributed by atoms with van der Waals surface area (Å²) in [4.78, 5) is 25.8. The number of benzene rings is 1. The Morgan fingerprint density at radius 2 is 1.96 bits per heavy atom. The van der Waals surface area contributed by atoms with Crippen molar-refractivity contribution >= 4 is 11.9 Å². The topological polar surface area (TPSA) is 57.6 Å². The second kappa shape index (κ2) is 6.26. The van der Waals surface area contributed by atoms with E-state index >= 15 is 0 Å². The molecule has 1 heterocycles. The number of rotatable bonds is 3. The fourth-order valence-corrected chi connectivity index (χ4v) is 3.93. The van der Waals surface area contributed by atoms with Crippen LogP contribution >= 0.6 is 0 Å². The molecule has 0 radical (unpaired) electrons. The predicted molar refractivity (Wildman–Crippen MR) is 79.4 cm³/mol. The van der Waals surface area contributed by atoms with E-state index in [0.29, 0.717) is 6.42 Å². The molecule has 2 aliphatic rings. The summed E-state index contributed by atoms with van der Waals surface area (Å²) in [6, 6.07) is 4.38. The van der Waals surface area contributed by atoms with Crippen LogP contribution in [-0.4, -0.2) is 34.0 Å². The molecular weight excluding hydrogens is 304 g/mol. The molecule has 1 aromatic rings. The zero-order valence-electron chi connectivity index (χ0n) is 12.6. The van der Waals surface area contributed by atoms with Crippen molar-refractivity contribution in [2.45, 2.75) is 50.6 Å². The van der Waals surface area contributed by atoms with E-state index in [0.717, 1.165) is 25.7 Å². The number of likely N-dealkylation sites (tertiary alicyclic amines) is 1. The van der Waals surface area contributed by atoms with Crippen LogP contribution in [-0.2, 0) is 4.79 Å². The van der Waals surface area contributed by atoms with Gasteiger partial charge in [-0.05, 0) is 37.3 Å². The van der Waals surface area contributed by atoms with Gasteiger partial charge in [0.2, 0.25) is 0 Å². The molecule has 1 aliphatic carbocycles. The Morgan fingerprint density at radius 3 is 2.65 bits per heavy atom. The molecule has 124 valence electrons. The SMILES string of the molecule is O=C(O)C1CC2CCCCC2N1C(=O)c1cccc(C(F)F)c1. The third-order valence-electron chi connectivity index (χ3n) is 4.99. The highest BCUT2D eigenvalue weighted by atomic mass is 19.3. The second-order valence-corrected chi connectivity index (χ2v) is 6.34. The minimum atomic E-state index is -2.65. The molecule has 1 N–H and O–H groups in total. The highest BCUT2D eigenvalue weighted by Gasteiger charge is 2.47.